The number of fused-ring (bicyclic) bond motifs is 3. The Hall–Kier alpha value is -2.56. The fraction of sp³-hybridized carbons (Fsp3) is 0.455. The Morgan fingerprint density at radius 3 is 2.58 bits per heavy atom. The summed E-state index contributed by atoms with van der Waals surface area (Å²) < 4.78 is 25.8. The zero-order chi connectivity index (χ0) is 22.6. The van der Waals surface area contributed by atoms with Gasteiger partial charge < -0.3 is 4.90 Å². The van der Waals surface area contributed by atoms with Crippen LogP contribution >= 0.6 is 11.6 Å². The molecule has 2 saturated heterocycles. The molecule has 0 radical (unpaired) electrons. The van der Waals surface area contributed by atoms with Gasteiger partial charge in [0.1, 0.15) is 11.6 Å². The molecule has 33 heavy (non-hydrogen) atoms. The van der Waals surface area contributed by atoms with E-state index in [1.54, 1.807) is 18.6 Å². The number of benzene rings is 1. The third-order valence-corrected chi connectivity index (χ3v) is 8.92. The predicted molar refractivity (Wildman–Crippen MR) is 124 cm³/mol. The summed E-state index contributed by atoms with van der Waals surface area (Å²) >= 11 is 6.34. The van der Waals surface area contributed by atoms with Crippen molar-refractivity contribution in [1.82, 2.24) is 29.6 Å². The zero-order valence-corrected chi connectivity index (χ0v) is 19.6. The molecular formula is C22H24ClN7O2S. The first kappa shape index (κ1) is 21.0. The third kappa shape index (κ3) is 3.89. The summed E-state index contributed by atoms with van der Waals surface area (Å²) in [4.78, 5) is 13.1. The van der Waals surface area contributed by atoms with Crippen LogP contribution in [-0.4, -0.2) is 68.7 Å². The van der Waals surface area contributed by atoms with Crippen molar-refractivity contribution in [1.29, 1.82) is 0 Å². The standard InChI is InChI=1S/C22H24ClN7O2S/c23-17-1-2-19-16(9-17)11-29(18-13-33(31,32)14-18)12-21-26-27-22(30(19)21)15-3-7-28(8-4-15)20-10-24-5-6-25-20/h1-2,5-6,9-10,15,18H,3-4,7-8,11-14H2. The Balaban J connectivity index is 1.31. The number of rotatable bonds is 3. The maximum atomic E-state index is 11.8. The summed E-state index contributed by atoms with van der Waals surface area (Å²) in [6, 6.07) is 5.91. The molecular weight excluding hydrogens is 462 g/mol. The van der Waals surface area contributed by atoms with Crippen LogP contribution in [0.3, 0.4) is 0 Å². The van der Waals surface area contributed by atoms with Gasteiger partial charge in [-0.25, -0.2) is 13.4 Å². The van der Waals surface area contributed by atoms with Crippen molar-refractivity contribution in [3.05, 3.63) is 59.0 Å². The summed E-state index contributed by atoms with van der Waals surface area (Å²) in [6.45, 7) is 2.97. The Morgan fingerprint density at radius 2 is 1.85 bits per heavy atom. The number of hydrogen-bond donors (Lipinski definition) is 0. The van der Waals surface area contributed by atoms with Crippen LogP contribution in [0.2, 0.25) is 5.02 Å². The summed E-state index contributed by atoms with van der Waals surface area (Å²) in [5.41, 5.74) is 2.11. The summed E-state index contributed by atoms with van der Waals surface area (Å²) in [5.74, 6) is 3.40. The van der Waals surface area contributed by atoms with Crippen molar-refractivity contribution in [2.45, 2.75) is 37.9 Å². The smallest absolute Gasteiger partial charge is 0.153 e. The van der Waals surface area contributed by atoms with Crippen LogP contribution in [0, 0.1) is 0 Å². The normalized spacial score (nSPS) is 21.2. The van der Waals surface area contributed by atoms with Gasteiger partial charge in [0.15, 0.2) is 15.7 Å². The summed E-state index contributed by atoms with van der Waals surface area (Å²) in [6.07, 6.45) is 7.11. The largest absolute Gasteiger partial charge is 0.355 e. The fourth-order valence-electron chi connectivity index (χ4n) is 5.14. The minimum Gasteiger partial charge on any atom is -0.355 e. The van der Waals surface area contributed by atoms with Crippen LogP contribution in [0.15, 0.2) is 36.8 Å². The highest BCUT2D eigenvalue weighted by atomic mass is 35.5. The van der Waals surface area contributed by atoms with Crippen molar-refractivity contribution < 1.29 is 8.42 Å². The molecule has 0 bridgehead atoms. The summed E-state index contributed by atoms with van der Waals surface area (Å²) in [7, 11) is -2.92. The number of aromatic nitrogens is 5. The van der Waals surface area contributed by atoms with Gasteiger partial charge in [-0.1, -0.05) is 11.6 Å². The molecule has 3 aliphatic heterocycles. The van der Waals surface area contributed by atoms with Crippen molar-refractivity contribution in [2.75, 3.05) is 29.5 Å². The lowest BCUT2D eigenvalue weighted by molar-refractivity contribution is 0.193. The van der Waals surface area contributed by atoms with Gasteiger partial charge in [-0.15, -0.1) is 10.2 Å². The van der Waals surface area contributed by atoms with E-state index in [-0.39, 0.29) is 23.5 Å². The fourth-order valence-corrected chi connectivity index (χ4v) is 6.83. The van der Waals surface area contributed by atoms with Gasteiger partial charge >= 0.3 is 0 Å². The van der Waals surface area contributed by atoms with Crippen LogP contribution in [0.1, 0.15) is 36.0 Å². The van der Waals surface area contributed by atoms with Gasteiger partial charge in [-0.3, -0.25) is 14.5 Å². The maximum absolute atomic E-state index is 11.8. The highest BCUT2D eigenvalue weighted by Crippen LogP contribution is 2.35. The number of anilines is 1. The molecule has 3 aliphatic rings. The predicted octanol–water partition coefficient (Wildman–Crippen LogP) is 2.21. The van der Waals surface area contributed by atoms with Gasteiger partial charge in [0.25, 0.3) is 0 Å². The number of sulfone groups is 1. The van der Waals surface area contributed by atoms with E-state index in [1.807, 2.05) is 18.2 Å². The van der Waals surface area contributed by atoms with Gasteiger partial charge in [0.2, 0.25) is 0 Å². The molecule has 2 fully saturated rings. The van der Waals surface area contributed by atoms with Crippen LogP contribution in [0.5, 0.6) is 0 Å². The molecule has 5 heterocycles. The molecule has 172 valence electrons. The van der Waals surface area contributed by atoms with Crippen LogP contribution in [-0.2, 0) is 22.9 Å². The van der Waals surface area contributed by atoms with Gasteiger partial charge in [-0.2, -0.15) is 0 Å². The molecule has 0 saturated carbocycles. The first-order chi connectivity index (χ1) is 16.0. The molecule has 0 aliphatic carbocycles. The van der Waals surface area contributed by atoms with Crippen molar-refractivity contribution in [3.63, 3.8) is 0 Å². The average Bonchev–Trinajstić information content (AvgIpc) is 3.14. The molecule has 2 aromatic heterocycles. The minimum absolute atomic E-state index is 0.00347. The Kier molecular flexibility index (Phi) is 5.11. The lowest BCUT2D eigenvalue weighted by atomic mass is 9.95. The number of piperidine rings is 1. The van der Waals surface area contributed by atoms with Gasteiger partial charge in [0, 0.05) is 49.0 Å². The van der Waals surface area contributed by atoms with Crippen LogP contribution in [0.25, 0.3) is 5.69 Å². The number of halogens is 1. The van der Waals surface area contributed by atoms with E-state index in [0.29, 0.717) is 18.1 Å². The second kappa shape index (κ2) is 8.03. The molecule has 6 rings (SSSR count). The topological polar surface area (TPSA) is 97.1 Å². The first-order valence-electron chi connectivity index (χ1n) is 11.2. The number of hydrogen-bond acceptors (Lipinski definition) is 8. The molecule has 0 unspecified atom stereocenters. The van der Waals surface area contributed by atoms with Crippen LogP contribution in [0.4, 0.5) is 5.82 Å². The van der Waals surface area contributed by atoms with Crippen molar-refractivity contribution in [3.8, 4) is 5.69 Å². The number of nitrogens with zero attached hydrogens (tertiary/aromatic N) is 7. The Morgan fingerprint density at radius 1 is 1.03 bits per heavy atom. The molecule has 9 nitrogen and oxygen atoms in total. The molecule has 3 aromatic rings. The molecule has 1 aromatic carbocycles. The second-order valence-electron chi connectivity index (χ2n) is 9.04. The van der Waals surface area contributed by atoms with Crippen LogP contribution < -0.4 is 4.90 Å². The highest BCUT2D eigenvalue weighted by Gasteiger charge is 2.40. The molecule has 0 N–H and O–H groups in total. The zero-order valence-electron chi connectivity index (χ0n) is 18.0. The van der Waals surface area contributed by atoms with E-state index < -0.39 is 9.84 Å². The van der Waals surface area contributed by atoms with Gasteiger partial charge in [0.05, 0.1) is 29.9 Å². The lowest BCUT2D eigenvalue weighted by Gasteiger charge is -2.35. The van der Waals surface area contributed by atoms with Gasteiger partial charge in [-0.05, 0) is 36.6 Å². The highest BCUT2D eigenvalue weighted by molar-refractivity contribution is 7.92. The minimum atomic E-state index is -2.92. The average molecular weight is 486 g/mol. The van der Waals surface area contributed by atoms with Crippen molar-refractivity contribution >= 4 is 27.3 Å². The SMILES string of the molecule is O=S1(=O)CC(N2Cc3cc(Cl)ccc3-n3c(nnc3C3CCN(c4cnccn4)CC3)C2)C1. The summed E-state index contributed by atoms with van der Waals surface area (Å²) in [5, 5.41) is 9.88. The molecule has 0 amide bonds. The molecule has 0 spiro atoms. The molecule has 11 heteroatoms. The maximum Gasteiger partial charge on any atom is 0.153 e. The van der Waals surface area contributed by atoms with E-state index in [1.165, 1.54) is 0 Å². The second-order valence-corrected chi connectivity index (χ2v) is 11.6. The Bertz CT molecular complexity index is 1280. The quantitative estimate of drug-likeness (QED) is 0.557. The molecule has 0 atom stereocenters. The van der Waals surface area contributed by atoms with Crippen molar-refractivity contribution in [2.24, 2.45) is 0 Å². The monoisotopic (exact) mass is 485 g/mol. The van der Waals surface area contributed by atoms with E-state index in [9.17, 15) is 8.42 Å². The van der Waals surface area contributed by atoms with E-state index >= 15 is 0 Å². The lowest BCUT2D eigenvalue weighted by Crippen LogP contribution is -2.52. The van der Waals surface area contributed by atoms with E-state index in [4.69, 9.17) is 11.6 Å². The third-order valence-electron chi connectivity index (χ3n) is 6.90. The van der Waals surface area contributed by atoms with E-state index in [2.05, 4.69) is 34.5 Å². The Labute approximate surface area is 197 Å². The van der Waals surface area contributed by atoms with E-state index in [0.717, 1.165) is 54.6 Å². The first-order valence-corrected chi connectivity index (χ1v) is 13.4.